The van der Waals surface area contributed by atoms with Crippen LogP contribution in [0.3, 0.4) is 0 Å². The number of ether oxygens (including phenoxy) is 23. The molecule has 62 nitrogen and oxygen atoms in total. The van der Waals surface area contributed by atoms with E-state index >= 15 is 0 Å². The van der Waals surface area contributed by atoms with Crippen LogP contribution >= 0.6 is 0 Å². The molecule has 25 unspecified atom stereocenters. The molecule has 11 aliphatic rings. The molecule has 838 valence electrons. The summed E-state index contributed by atoms with van der Waals surface area (Å²) < 4.78 is 137. The summed E-state index contributed by atoms with van der Waals surface area (Å²) in [4.78, 5) is 76.3. The van der Waals surface area contributed by atoms with E-state index < -0.39 is 458 Å². The third-order valence-corrected chi connectivity index (χ3v) is 27.2. The van der Waals surface area contributed by atoms with E-state index in [4.69, 9.17) is 109 Å². The monoisotopic (exact) mass is 2120 g/mol. The number of hydrogen-bond donors (Lipinski definition) is 33. The van der Waals surface area contributed by atoms with Gasteiger partial charge in [0, 0.05) is 46.0 Å². The lowest BCUT2D eigenvalue weighted by atomic mass is 9.87. The normalized spacial score (nSPS) is 47.2. The largest absolute Gasteiger partial charge is 0.410 e. The minimum absolute atomic E-state index is 0.156. The second kappa shape index (κ2) is 52.6. The van der Waals surface area contributed by atoms with Crippen LogP contribution in [0.5, 0.6) is 0 Å². The third kappa shape index (κ3) is 27.2. The highest BCUT2D eigenvalue weighted by Crippen LogP contribution is 2.45. The van der Waals surface area contributed by atoms with Crippen LogP contribution in [0.25, 0.3) is 0 Å². The van der Waals surface area contributed by atoms with Crippen LogP contribution < -0.4 is 21.3 Å². The molecular weight excluding hydrogens is 1980 g/mol. The Morgan fingerprint density at radius 2 is 0.648 bits per heavy atom. The van der Waals surface area contributed by atoms with Crippen molar-refractivity contribution in [3.63, 3.8) is 0 Å². The first-order valence-corrected chi connectivity index (χ1v) is 46.8. The van der Waals surface area contributed by atoms with Gasteiger partial charge in [-0.3, -0.25) is 28.8 Å². The highest BCUT2D eigenvalue weighted by atomic mass is 16.9. The predicted molar refractivity (Wildman–Crippen MR) is 451 cm³/mol. The summed E-state index contributed by atoms with van der Waals surface area (Å²) >= 11 is 0. The summed E-state index contributed by atoms with van der Waals surface area (Å²) in [5.41, 5.74) is 0. The van der Waals surface area contributed by atoms with E-state index in [0.717, 1.165) is 27.7 Å². The predicted octanol–water partition coefficient (Wildman–Crippen LogP) is -21.3. The number of nitrogens with one attached hydrogen (secondary N) is 4. The van der Waals surface area contributed by atoms with Gasteiger partial charge in [-0.05, 0) is 6.92 Å². The fourth-order valence-electron chi connectivity index (χ4n) is 19.2. The van der Waals surface area contributed by atoms with Gasteiger partial charge in [-0.2, -0.15) is 0 Å². The van der Waals surface area contributed by atoms with Crippen molar-refractivity contribution in [2.75, 3.05) is 72.7 Å². The Hall–Kier alpha value is -5.18. The Kier molecular flexibility index (Phi) is 43.6. The van der Waals surface area contributed by atoms with Gasteiger partial charge >= 0.3 is 11.9 Å². The van der Waals surface area contributed by atoms with E-state index in [1.165, 1.54) is 20.8 Å². The van der Waals surface area contributed by atoms with E-state index in [1.54, 1.807) is 0 Å². The topological polar surface area (TPSA) is 950 Å². The molecule has 4 amide bonds. The van der Waals surface area contributed by atoms with Gasteiger partial charge < -0.3 is 278 Å². The number of hydrogen-bond acceptors (Lipinski definition) is 58. The minimum atomic E-state index is -2.91. The van der Waals surface area contributed by atoms with Crippen molar-refractivity contribution in [2.24, 2.45) is 11.8 Å². The standard InChI is InChI=1S/C83H138N4O58/c1-24-33(105)9-82(125-22-97,143-64(24)50(109)35(107)11-88)124-21-44-31(103)8-32(104)74(134-44)136-67-41(17-94)132-76(48(57(67)116)86-29(6)101)141-72-60(119)52(111)37(13-90)129-80(72)123-20-45-55(114)70(62(121)78(135-45)138-68-42(18-95)131-75(47(58(68)117)85-28(5)100)137-66-40(16-93)127-26(3)46(56(66)115)84-27(4)99)140-81-73(61(120)53(112)38(14-91)130-81)142-77-49(87-30(7)102)59(118)69(43(19-96)133-77)139-79-63(122)71(54(113)39(15-92)128-79)145-83(126-23-98)10-34(106)25(2)65(144-83)51(110)36(108)12-89/h22-26,31-81,88-96,103-122H,8-21H2,1-7H3,(H,84,99)(H,85,100)(H,86,101)(H,87,102)/t24-,25-,26+,31-,32?,33-,34-,35?,36?,37?,38?,39?,40?,41+,42?,43?,44?,45?,46?,47?,48?,49?,50?,51?,52-,53-,54+,55-,56-,57?,58-,59-,60+,61?,62?,63?,64?,65?,66-,67-,68-,69-,70+,71+,72?,73?,74+,75+,76+,77+,78+,79+,80+,81-,82+,83+/m1/s1. The quantitative estimate of drug-likeness (QED) is 0.0199. The molecule has 145 heavy (non-hydrogen) atoms. The Bertz CT molecular complexity index is 4030. The fourth-order valence-corrected chi connectivity index (χ4v) is 19.2. The first-order chi connectivity index (χ1) is 68.6. The van der Waals surface area contributed by atoms with Crippen molar-refractivity contribution < 1.29 is 286 Å². The average molecular weight is 2120 g/mol. The van der Waals surface area contributed by atoms with Gasteiger partial charge in [-0.25, -0.2) is 0 Å². The maximum atomic E-state index is 13.3. The molecule has 11 aliphatic heterocycles. The van der Waals surface area contributed by atoms with Crippen molar-refractivity contribution in [2.45, 2.75) is 398 Å². The molecular formula is C83H138N4O58. The maximum absolute atomic E-state index is 13.3. The Balaban J connectivity index is 0.893. The van der Waals surface area contributed by atoms with Gasteiger partial charge in [0.15, 0.2) is 50.3 Å². The van der Waals surface area contributed by atoms with Gasteiger partial charge in [0.1, 0.15) is 226 Å². The first-order valence-electron chi connectivity index (χ1n) is 46.8. The van der Waals surface area contributed by atoms with Crippen molar-refractivity contribution in [1.82, 2.24) is 21.3 Å². The molecule has 11 rings (SSSR count). The fraction of sp³-hybridized carbons (Fsp3) is 0.928. The molecule has 56 atom stereocenters. The summed E-state index contributed by atoms with van der Waals surface area (Å²) in [5, 5.41) is 338. The molecule has 62 heteroatoms. The number of aliphatic hydroxyl groups is 29. The SMILES string of the molecule is CC(=O)NC1C(O)[C@H](O[C@@H]2OC(CO[C@]3(OC=O)C[C@@H](O)[C@@H](C)C(C(O)C(O)CO)O3)[C@H](O)CC2O)[C@H](CO)O[C@H]1OC1[C@@H](OCC2O[C@@H](O[C@@H]3C(CO)O[C@@H](O[C@@H]4C(CO)O[C@@H](C)C(NC(C)=O)[C@H]4O)C(NC(C)=O)[C@H]3O)C(O)[C@@H](O[C@H]3OC(CO)[C@@H](O)C(O)C3O[C@@H]3OC(CO)[C@@H](O[C@@H]4OC(CO)[C@H](O)[C@H](O[C@]5(OC=O)C[C@@H](O)[C@@H](C)C(C(O)C(O)CO)O5)C4O)[C@H](O)C3NC(C)=O)[C@@H]2O)OC(CO)[C@@H](O)[C@@H]1O. The smallest absolute Gasteiger partial charge is 0.332 e. The summed E-state index contributed by atoms with van der Waals surface area (Å²) in [5.74, 6) is -11.3. The van der Waals surface area contributed by atoms with Crippen LogP contribution in [0.15, 0.2) is 0 Å². The molecule has 11 heterocycles. The van der Waals surface area contributed by atoms with E-state index in [9.17, 15) is 177 Å². The second-order valence-electron chi connectivity index (χ2n) is 37.3. The number of carbonyl (C=O) groups excluding carboxylic acids is 6. The summed E-state index contributed by atoms with van der Waals surface area (Å²) in [6.07, 6.45) is -102. The van der Waals surface area contributed by atoms with E-state index in [0.29, 0.717) is 0 Å². The van der Waals surface area contributed by atoms with Crippen LogP contribution in [0.2, 0.25) is 0 Å². The zero-order chi connectivity index (χ0) is 107. The van der Waals surface area contributed by atoms with Crippen LogP contribution in [-0.4, -0.2) is 588 Å². The van der Waals surface area contributed by atoms with Crippen LogP contribution in [0.4, 0.5) is 0 Å². The molecule has 11 fully saturated rings. The molecule has 0 aromatic rings. The second-order valence-corrected chi connectivity index (χ2v) is 37.3. The van der Waals surface area contributed by atoms with E-state index in [-0.39, 0.29) is 12.9 Å². The maximum Gasteiger partial charge on any atom is 0.332 e. The molecule has 0 bridgehead atoms. The number of amides is 4. The van der Waals surface area contributed by atoms with Crippen molar-refractivity contribution >= 4 is 36.6 Å². The van der Waals surface area contributed by atoms with Gasteiger partial charge in [-0.15, -0.1) is 0 Å². The zero-order valence-electron chi connectivity index (χ0n) is 79.0. The highest BCUT2D eigenvalue weighted by Gasteiger charge is 2.64. The summed E-state index contributed by atoms with van der Waals surface area (Å²) in [7, 11) is 0. The van der Waals surface area contributed by atoms with E-state index in [2.05, 4.69) is 21.3 Å². The van der Waals surface area contributed by atoms with Gasteiger partial charge in [0.2, 0.25) is 23.6 Å². The Morgan fingerprint density at radius 3 is 1.08 bits per heavy atom. The van der Waals surface area contributed by atoms with Gasteiger partial charge in [-0.1, -0.05) is 13.8 Å². The summed E-state index contributed by atoms with van der Waals surface area (Å²) in [6, 6.07) is -7.31. The van der Waals surface area contributed by atoms with Crippen molar-refractivity contribution in [3.05, 3.63) is 0 Å². The lowest BCUT2D eigenvalue weighted by molar-refractivity contribution is -0.448. The zero-order valence-corrected chi connectivity index (χ0v) is 79.0. The lowest BCUT2D eigenvalue weighted by Gasteiger charge is -2.51. The van der Waals surface area contributed by atoms with Crippen LogP contribution in [0.1, 0.15) is 67.7 Å². The molecule has 0 saturated carbocycles. The molecule has 0 aromatic carbocycles. The van der Waals surface area contributed by atoms with Crippen molar-refractivity contribution in [3.8, 4) is 0 Å². The molecule has 0 aliphatic carbocycles. The first kappa shape index (κ1) is 120. The van der Waals surface area contributed by atoms with Gasteiger partial charge in [0.05, 0.1) is 128 Å². The highest BCUT2D eigenvalue weighted by molar-refractivity contribution is 5.74. The molecule has 11 saturated heterocycles. The minimum Gasteiger partial charge on any atom is -0.410 e. The number of aliphatic hydroxyl groups excluding tert-OH is 29. The van der Waals surface area contributed by atoms with Crippen LogP contribution in [-0.2, 0) is 138 Å². The molecule has 33 N–H and O–H groups in total. The van der Waals surface area contributed by atoms with E-state index in [1.807, 2.05) is 0 Å². The van der Waals surface area contributed by atoms with Crippen molar-refractivity contribution in [1.29, 1.82) is 0 Å². The average Bonchev–Trinajstić information content (AvgIpc) is 0.758. The third-order valence-electron chi connectivity index (χ3n) is 27.2. The molecule has 0 radical (unpaired) electrons. The molecule has 0 spiro atoms. The molecule has 0 aromatic heterocycles. The Morgan fingerprint density at radius 1 is 0.324 bits per heavy atom. The van der Waals surface area contributed by atoms with Gasteiger partial charge in [0.25, 0.3) is 12.9 Å². The lowest BCUT2D eigenvalue weighted by Crippen LogP contribution is -2.71. The Labute approximate surface area is 823 Å². The van der Waals surface area contributed by atoms with Crippen LogP contribution in [0, 0.1) is 11.8 Å². The number of carbonyl (C=O) groups is 6. The summed E-state index contributed by atoms with van der Waals surface area (Å²) in [6.45, 7) is -4.82. The number of rotatable bonds is 43.